The van der Waals surface area contributed by atoms with E-state index >= 15 is 0 Å². The van der Waals surface area contributed by atoms with Gasteiger partial charge in [-0.25, -0.2) is 0 Å². The van der Waals surface area contributed by atoms with Crippen molar-refractivity contribution in [3.05, 3.63) is 170 Å². The zero-order valence-corrected chi connectivity index (χ0v) is 28.3. The van der Waals surface area contributed by atoms with Gasteiger partial charge in [0.15, 0.2) is 23.3 Å². The van der Waals surface area contributed by atoms with Crippen LogP contribution in [-0.2, 0) is 0 Å². The zero-order valence-electron chi connectivity index (χ0n) is 27.3. The van der Waals surface area contributed by atoms with E-state index in [0.717, 1.165) is 56.9 Å². The lowest BCUT2D eigenvalue weighted by molar-refractivity contribution is 1.07. The molecule has 0 atom stereocenters. The van der Waals surface area contributed by atoms with E-state index in [-0.39, 0.29) is 0 Å². The number of benzene rings is 6. The molecule has 0 fully saturated rings. The molecular weight excluding hydrogens is 617 g/mol. The average Bonchev–Trinajstić information content (AvgIpc) is 3.82. The summed E-state index contributed by atoms with van der Waals surface area (Å²) in [6.45, 7) is 4.80. The summed E-state index contributed by atoms with van der Waals surface area (Å²) in [5.74, 6) is 3.27. The molecule has 0 aliphatic carbocycles. The summed E-state index contributed by atoms with van der Waals surface area (Å²) in [6, 6.07) is 58.9. The molecule has 8 aromatic rings. The molecule has 0 unspecified atom stereocenters. The van der Waals surface area contributed by atoms with Gasteiger partial charge < -0.3 is 0 Å². The van der Waals surface area contributed by atoms with Crippen molar-refractivity contribution in [3.63, 3.8) is 0 Å². The molecule has 0 amide bonds. The molecule has 0 aliphatic rings. The Morgan fingerprint density at radius 3 is 0.898 bits per heavy atom. The Morgan fingerprint density at radius 1 is 0.327 bits per heavy atom. The maximum atomic E-state index is 4.69. The van der Waals surface area contributed by atoms with E-state index in [4.69, 9.17) is 0 Å². The van der Waals surface area contributed by atoms with Gasteiger partial charge in [0.05, 0.1) is 0 Å². The van der Waals surface area contributed by atoms with Crippen LogP contribution in [0.15, 0.2) is 170 Å². The molecule has 2 aromatic heterocycles. The SMILES string of the molecule is C[Si](C)(c1ccc(-c2nnc(-c3ccccc3)n2-c2ccccc2)cc1)c1ccc(-c2nnc(-c3ccccc3)n2-c2ccccc2)cc1. The molecule has 0 aliphatic heterocycles. The fourth-order valence-corrected chi connectivity index (χ4v) is 8.71. The fourth-order valence-electron chi connectivity index (χ4n) is 6.37. The average molecular weight is 651 g/mol. The van der Waals surface area contributed by atoms with Crippen LogP contribution in [0.4, 0.5) is 0 Å². The van der Waals surface area contributed by atoms with Crippen molar-refractivity contribution in [1.82, 2.24) is 29.5 Å². The summed E-state index contributed by atoms with van der Waals surface area (Å²) < 4.78 is 4.28. The van der Waals surface area contributed by atoms with Crippen molar-refractivity contribution >= 4 is 18.4 Å². The molecule has 0 bridgehead atoms. The minimum atomic E-state index is -2.04. The lowest BCUT2D eigenvalue weighted by Crippen LogP contribution is -2.52. The highest BCUT2D eigenvalue weighted by Gasteiger charge is 2.27. The van der Waals surface area contributed by atoms with Crippen LogP contribution in [0.25, 0.3) is 56.9 Å². The normalized spacial score (nSPS) is 11.5. The number of rotatable bonds is 8. The molecule has 2 heterocycles. The number of hydrogen-bond donors (Lipinski definition) is 0. The number of hydrogen-bond acceptors (Lipinski definition) is 4. The van der Waals surface area contributed by atoms with Crippen molar-refractivity contribution in [1.29, 1.82) is 0 Å². The smallest absolute Gasteiger partial charge is 0.168 e. The molecule has 6 aromatic carbocycles. The molecule has 236 valence electrons. The Bertz CT molecular complexity index is 2150. The Balaban J connectivity index is 1.12. The monoisotopic (exact) mass is 650 g/mol. The highest BCUT2D eigenvalue weighted by molar-refractivity contribution is 7.00. The maximum Gasteiger partial charge on any atom is 0.168 e. The highest BCUT2D eigenvalue weighted by atomic mass is 28.3. The standard InChI is InChI=1S/C42H34N6Si/c1-49(2,37-27-23-33(24-28-37)41-45-43-39(31-15-7-3-8-16-31)47(41)35-19-11-5-12-20-35)38-29-25-34(26-30-38)42-46-44-40(32-17-9-4-10-18-32)48(42)36-21-13-6-14-22-36/h3-30H,1-2H3. The van der Waals surface area contributed by atoms with Gasteiger partial charge in [-0.05, 0) is 24.3 Å². The van der Waals surface area contributed by atoms with E-state index in [9.17, 15) is 0 Å². The molecule has 49 heavy (non-hydrogen) atoms. The van der Waals surface area contributed by atoms with E-state index in [1.54, 1.807) is 0 Å². The fraction of sp³-hybridized carbons (Fsp3) is 0.0476. The Kier molecular flexibility index (Phi) is 7.87. The molecule has 6 nitrogen and oxygen atoms in total. The molecule has 0 saturated carbocycles. The van der Waals surface area contributed by atoms with E-state index in [2.05, 4.69) is 140 Å². The third-order valence-corrected chi connectivity index (χ3v) is 12.7. The number of nitrogens with zero attached hydrogens (tertiary/aromatic N) is 6. The van der Waals surface area contributed by atoms with Crippen LogP contribution in [0.5, 0.6) is 0 Å². The van der Waals surface area contributed by atoms with Crippen LogP contribution in [0.2, 0.25) is 13.1 Å². The Hall–Kier alpha value is -6.18. The minimum Gasteiger partial charge on any atom is -0.275 e. The van der Waals surface area contributed by atoms with Crippen LogP contribution in [0, 0.1) is 0 Å². The molecule has 8 rings (SSSR count). The molecule has 0 radical (unpaired) electrons. The lowest BCUT2D eigenvalue weighted by atomic mass is 10.1. The molecular formula is C42H34N6Si. The van der Waals surface area contributed by atoms with Crippen molar-refractivity contribution in [2.24, 2.45) is 0 Å². The molecule has 0 N–H and O–H groups in total. The van der Waals surface area contributed by atoms with Crippen LogP contribution in [0.1, 0.15) is 0 Å². The van der Waals surface area contributed by atoms with E-state index in [1.807, 2.05) is 72.8 Å². The van der Waals surface area contributed by atoms with Gasteiger partial charge in [-0.2, -0.15) is 0 Å². The lowest BCUT2D eigenvalue weighted by Gasteiger charge is -2.24. The van der Waals surface area contributed by atoms with E-state index in [1.165, 1.54) is 10.4 Å². The summed E-state index contributed by atoms with van der Waals surface area (Å²) in [5.41, 5.74) is 6.15. The predicted octanol–water partition coefficient (Wildman–Crippen LogP) is 8.34. The highest BCUT2D eigenvalue weighted by Crippen LogP contribution is 2.30. The van der Waals surface area contributed by atoms with Crippen LogP contribution < -0.4 is 10.4 Å². The van der Waals surface area contributed by atoms with E-state index in [0.29, 0.717) is 0 Å². The van der Waals surface area contributed by atoms with Crippen LogP contribution >= 0.6 is 0 Å². The summed E-state index contributed by atoms with van der Waals surface area (Å²) in [6.07, 6.45) is 0. The second-order valence-corrected chi connectivity index (χ2v) is 17.0. The van der Waals surface area contributed by atoms with Gasteiger partial charge in [-0.1, -0.05) is 169 Å². The van der Waals surface area contributed by atoms with Gasteiger partial charge >= 0.3 is 0 Å². The van der Waals surface area contributed by atoms with Gasteiger partial charge in [0, 0.05) is 33.6 Å². The van der Waals surface area contributed by atoms with Crippen molar-refractivity contribution in [2.75, 3.05) is 0 Å². The van der Waals surface area contributed by atoms with Gasteiger partial charge in [-0.15, -0.1) is 20.4 Å². The third kappa shape index (κ3) is 5.70. The number of aromatic nitrogens is 6. The second-order valence-electron chi connectivity index (χ2n) is 12.5. The first-order valence-electron chi connectivity index (χ1n) is 16.4. The topological polar surface area (TPSA) is 61.4 Å². The second kappa shape index (κ2) is 12.8. The van der Waals surface area contributed by atoms with Gasteiger partial charge in [0.1, 0.15) is 8.07 Å². The van der Waals surface area contributed by atoms with Crippen molar-refractivity contribution in [2.45, 2.75) is 13.1 Å². The first kappa shape index (κ1) is 30.2. The summed E-state index contributed by atoms with van der Waals surface area (Å²) in [5, 5.41) is 21.4. The first-order valence-corrected chi connectivity index (χ1v) is 19.4. The van der Waals surface area contributed by atoms with Crippen LogP contribution in [0.3, 0.4) is 0 Å². The maximum absolute atomic E-state index is 4.69. The van der Waals surface area contributed by atoms with E-state index < -0.39 is 8.07 Å². The molecule has 0 spiro atoms. The van der Waals surface area contributed by atoms with Gasteiger partial charge in [0.2, 0.25) is 0 Å². The predicted molar refractivity (Wildman–Crippen MR) is 201 cm³/mol. The molecule has 7 heteroatoms. The Morgan fingerprint density at radius 2 is 0.592 bits per heavy atom. The first-order chi connectivity index (χ1) is 24.1. The zero-order chi connectivity index (χ0) is 33.2. The summed E-state index contributed by atoms with van der Waals surface area (Å²) >= 11 is 0. The number of para-hydroxylation sites is 2. The van der Waals surface area contributed by atoms with Gasteiger partial charge in [0.25, 0.3) is 0 Å². The van der Waals surface area contributed by atoms with Gasteiger partial charge in [-0.3, -0.25) is 9.13 Å². The summed E-state index contributed by atoms with van der Waals surface area (Å²) in [4.78, 5) is 0. The van der Waals surface area contributed by atoms with Crippen molar-refractivity contribution < 1.29 is 0 Å². The Labute approximate surface area is 287 Å². The summed E-state index contributed by atoms with van der Waals surface area (Å²) in [7, 11) is -2.04. The van der Waals surface area contributed by atoms with Crippen molar-refractivity contribution in [3.8, 4) is 56.9 Å². The third-order valence-electron chi connectivity index (χ3n) is 9.15. The largest absolute Gasteiger partial charge is 0.275 e. The van der Waals surface area contributed by atoms with Crippen LogP contribution in [-0.4, -0.2) is 37.6 Å². The molecule has 0 saturated heterocycles. The quantitative estimate of drug-likeness (QED) is 0.155. The minimum absolute atomic E-state index is 0.817.